The molecule has 1 aliphatic heterocycles. The van der Waals surface area contributed by atoms with Gasteiger partial charge in [0.2, 0.25) is 0 Å². The second kappa shape index (κ2) is 9.92. The van der Waals surface area contributed by atoms with Gasteiger partial charge in [-0.1, -0.05) is 0 Å². The van der Waals surface area contributed by atoms with Crippen LogP contribution in [0.25, 0.3) is 0 Å². The van der Waals surface area contributed by atoms with E-state index >= 15 is 0 Å². The summed E-state index contributed by atoms with van der Waals surface area (Å²) in [7, 11) is 3.20. The Morgan fingerprint density at radius 2 is 2.15 bits per heavy atom. The van der Waals surface area contributed by atoms with Gasteiger partial charge in [0.05, 0.1) is 26.9 Å². The minimum Gasteiger partial charge on any atom is -0.497 e. The summed E-state index contributed by atoms with van der Waals surface area (Å²) in [5.74, 6) is 3.26. The molecule has 0 aliphatic carbocycles. The number of hydrogen-bond donors (Lipinski definition) is 3. The second-order valence-electron chi connectivity index (χ2n) is 6.60. The van der Waals surface area contributed by atoms with Gasteiger partial charge in [-0.2, -0.15) is 11.8 Å². The van der Waals surface area contributed by atoms with Crippen LogP contribution in [0.1, 0.15) is 38.4 Å². The zero-order valence-corrected chi connectivity index (χ0v) is 17.0. The Bertz CT molecular complexity index is 604. The van der Waals surface area contributed by atoms with Crippen molar-refractivity contribution in [3.05, 3.63) is 23.8 Å². The number of aliphatic imine (C=N–C) groups is 1. The van der Waals surface area contributed by atoms with Crippen LogP contribution in [0.15, 0.2) is 23.2 Å². The second-order valence-corrected chi connectivity index (χ2v) is 8.28. The summed E-state index contributed by atoms with van der Waals surface area (Å²) >= 11 is 1.99. The topological polar surface area (TPSA) is 75.1 Å². The van der Waals surface area contributed by atoms with Crippen LogP contribution in [-0.2, 0) is 0 Å². The van der Waals surface area contributed by atoms with E-state index in [1.54, 1.807) is 26.4 Å². The molecule has 3 N–H and O–H groups in total. The minimum atomic E-state index is -0.736. The van der Waals surface area contributed by atoms with E-state index in [0.29, 0.717) is 23.6 Å². The molecule has 2 atom stereocenters. The number of nitrogens with zero attached hydrogens (tertiary/aromatic N) is 1. The molecule has 1 aromatic carbocycles. The Morgan fingerprint density at radius 1 is 1.35 bits per heavy atom. The molecule has 1 heterocycles. The number of aliphatic hydroxyl groups excluding tert-OH is 1. The molecular weight excluding hydrogens is 350 g/mol. The zero-order valence-electron chi connectivity index (χ0n) is 16.2. The van der Waals surface area contributed by atoms with E-state index in [4.69, 9.17) is 14.5 Å². The van der Waals surface area contributed by atoms with E-state index in [1.807, 2.05) is 24.8 Å². The predicted octanol–water partition coefficient (Wildman–Crippen LogP) is 2.58. The van der Waals surface area contributed by atoms with Crippen molar-refractivity contribution in [1.29, 1.82) is 0 Å². The summed E-state index contributed by atoms with van der Waals surface area (Å²) < 4.78 is 10.8. The van der Waals surface area contributed by atoms with E-state index < -0.39 is 6.10 Å². The first-order valence-corrected chi connectivity index (χ1v) is 10.1. The van der Waals surface area contributed by atoms with Gasteiger partial charge >= 0.3 is 0 Å². The normalized spacial score (nSPS) is 21.3. The average molecular weight is 382 g/mol. The SMILES string of the molecule is CCNC(=NCC1(C)CCCS1)NCC(O)c1cc(OC)ccc1OC. The molecule has 1 saturated heterocycles. The Kier molecular flexibility index (Phi) is 7.90. The molecule has 0 radical (unpaired) electrons. The van der Waals surface area contributed by atoms with Crippen molar-refractivity contribution in [3.63, 3.8) is 0 Å². The van der Waals surface area contributed by atoms with Gasteiger partial charge in [-0.25, -0.2) is 0 Å². The summed E-state index contributed by atoms with van der Waals surface area (Å²) in [4.78, 5) is 4.72. The van der Waals surface area contributed by atoms with E-state index in [-0.39, 0.29) is 4.75 Å². The van der Waals surface area contributed by atoms with Crippen LogP contribution in [0, 0.1) is 0 Å². The van der Waals surface area contributed by atoms with Crippen molar-refractivity contribution in [2.45, 2.75) is 37.5 Å². The molecule has 2 rings (SSSR count). The van der Waals surface area contributed by atoms with Gasteiger partial charge < -0.3 is 25.2 Å². The monoisotopic (exact) mass is 381 g/mol. The predicted molar refractivity (Wildman–Crippen MR) is 109 cm³/mol. The maximum Gasteiger partial charge on any atom is 0.191 e. The van der Waals surface area contributed by atoms with Gasteiger partial charge in [0.1, 0.15) is 11.5 Å². The summed E-state index contributed by atoms with van der Waals surface area (Å²) in [5, 5.41) is 17.1. The fourth-order valence-corrected chi connectivity index (χ4v) is 4.18. The van der Waals surface area contributed by atoms with Crippen LogP contribution < -0.4 is 20.1 Å². The molecule has 0 saturated carbocycles. The lowest BCUT2D eigenvalue weighted by Gasteiger charge is -2.22. The third kappa shape index (κ3) is 5.71. The molecular formula is C19H31N3O3S. The van der Waals surface area contributed by atoms with Crippen molar-refractivity contribution in [2.24, 2.45) is 4.99 Å². The van der Waals surface area contributed by atoms with E-state index in [2.05, 4.69) is 17.6 Å². The molecule has 0 aromatic heterocycles. The van der Waals surface area contributed by atoms with Crippen LogP contribution in [0.4, 0.5) is 0 Å². The number of nitrogens with one attached hydrogen (secondary N) is 2. The number of thioether (sulfide) groups is 1. The third-order valence-electron chi connectivity index (χ3n) is 4.48. The lowest BCUT2D eigenvalue weighted by atomic mass is 10.1. The van der Waals surface area contributed by atoms with Crippen molar-refractivity contribution in [1.82, 2.24) is 10.6 Å². The first-order chi connectivity index (χ1) is 12.5. The number of benzene rings is 1. The number of rotatable bonds is 8. The molecule has 26 heavy (non-hydrogen) atoms. The number of ether oxygens (including phenoxy) is 2. The number of guanidine groups is 1. The highest BCUT2D eigenvalue weighted by atomic mass is 32.2. The lowest BCUT2D eigenvalue weighted by Crippen LogP contribution is -2.40. The molecule has 0 amide bonds. The van der Waals surface area contributed by atoms with Crippen molar-refractivity contribution in [3.8, 4) is 11.5 Å². The fraction of sp³-hybridized carbons (Fsp3) is 0.632. The molecule has 6 nitrogen and oxygen atoms in total. The summed E-state index contributed by atoms with van der Waals surface area (Å²) in [6, 6.07) is 5.41. The molecule has 0 spiro atoms. The molecule has 1 aliphatic rings. The average Bonchev–Trinajstić information content (AvgIpc) is 3.10. The van der Waals surface area contributed by atoms with Gasteiger partial charge in [0, 0.05) is 23.4 Å². The largest absolute Gasteiger partial charge is 0.497 e. The number of hydrogen-bond acceptors (Lipinski definition) is 5. The highest BCUT2D eigenvalue weighted by Gasteiger charge is 2.29. The Balaban J connectivity index is 2.01. The van der Waals surface area contributed by atoms with Gasteiger partial charge in [-0.05, 0) is 50.6 Å². The quantitative estimate of drug-likeness (QED) is 0.475. The van der Waals surface area contributed by atoms with E-state index in [1.165, 1.54) is 18.6 Å². The smallest absolute Gasteiger partial charge is 0.191 e. The summed E-state index contributed by atoms with van der Waals surface area (Å²) in [6.07, 6.45) is 1.72. The van der Waals surface area contributed by atoms with Crippen LogP contribution in [0.5, 0.6) is 11.5 Å². The van der Waals surface area contributed by atoms with Crippen molar-refractivity contribution in [2.75, 3.05) is 39.6 Å². The molecule has 1 fully saturated rings. The first-order valence-electron chi connectivity index (χ1n) is 9.07. The number of methoxy groups -OCH3 is 2. The molecule has 2 unspecified atom stereocenters. The van der Waals surface area contributed by atoms with Crippen LogP contribution in [-0.4, -0.2) is 55.4 Å². The van der Waals surface area contributed by atoms with Crippen LogP contribution >= 0.6 is 11.8 Å². The molecule has 1 aromatic rings. The van der Waals surface area contributed by atoms with Crippen LogP contribution in [0.2, 0.25) is 0 Å². The Hall–Kier alpha value is -1.60. The minimum absolute atomic E-state index is 0.219. The molecule has 7 heteroatoms. The van der Waals surface area contributed by atoms with Gasteiger partial charge in [0.15, 0.2) is 5.96 Å². The Labute approximate surface area is 160 Å². The van der Waals surface area contributed by atoms with Crippen molar-refractivity contribution < 1.29 is 14.6 Å². The molecule has 0 bridgehead atoms. The highest BCUT2D eigenvalue weighted by Crippen LogP contribution is 2.37. The standard InChI is InChI=1S/C19H31N3O3S/c1-5-20-18(22-13-19(2)9-6-10-26-19)21-12-16(23)15-11-14(24-3)7-8-17(15)25-4/h7-8,11,16,23H,5-6,9-10,12-13H2,1-4H3,(H2,20,21,22). The maximum absolute atomic E-state index is 10.6. The van der Waals surface area contributed by atoms with Crippen LogP contribution in [0.3, 0.4) is 0 Å². The fourth-order valence-electron chi connectivity index (χ4n) is 2.95. The van der Waals surface area contributed by atoms with Gasteiger partial charge in [-0.15, -0.1) is 0 Å². The van der Waals surface area contributed by atoms with Gasteiger partial charge in [0.25, 0.3) is 0 Å². The third-order valence-corrected chi connectivity index (χ3v) is 6.00. The summed E-state index contributed by atoms with van der Waals surface area (Å²) in [6.45, 7) is 6.18. The lowest BCUT2D eigenvalue weighted by molar-refractivity contribution is 0.176. The maximum atomic E-state index is 10.6. The first kappa shape index (κ1) is 20.7. The van der Waals surface area contributed by atoms with E-state index in [9.17, 15) is 5.11 Å². The van der Waals surface area contributed by atoms with Gasteiger partial charge in [-0.3, -0.25) is 4.99 Å². The molecule has 146 valence electrons. The summed E-state index contributed by atoms with van der Waals surface area (Å²) in [5.41, 5.74) is 0.688. The number of aliphatic hydroxyl groups is 1. The Morgan fingerprint density at radius 3 is 2.77 bits per heavy atom. The highest BCUT2D eigenvalue weighted by molar-refractivity contribution is 8.00. The van der Waals surface area contributed by atoms with E-state index in [0.717, 1.165) is 19.0 Å². The zero-order chi connectivity index (χ0) is 19.0. The van der Waals surface area contributed by atoms with Crippen molar-refractivity contribution >= 4 is 17.7 Å².